The molecule has 11 heavy (non-hydrogen) atoms. The molecule has 4 nitrogen and oxygen atoms in total. The summed E-state index contributed by atoms with van der Waals surface area (Å²) < 4.78 is 0. The molecule has 1 unspecified atom stereocenters. The Morgan fingerprint density at radius 2 is 2.09 bits per heavy atom. The summed E-state index contributed by atoms with van der Waals surface area (Å²) in [5.74, 6) is 5.22. The van der Waals surface area contributed by atoms with Crippen LogP contribution in [0.4, 0.5) is 0 Å². The molecule has 66 valence electrons. The number of nitrogens with one attached hydrogen (secondary N) is 1. The molecule has 0 rings (SSSR count). The lowest BCUT2D eigenvalue weighted by Gasteiger charge is -2.12. The lowest BCUT2D eigenvalue weighted by Crippen LogP contribution is -2.36. The van der Waals surface area contributed by atoms with E-state index >= 15 is 0 Å². The Labute approximate surface area is 67.3 Å². The molecule has 0 spiro atoms. The van der Waals surface area contributed by atoms with Crippen LogP contribution in [0.15, 0.2) is 0 Å². The van der Waals surface area contributed by atoms with Crippen LogP contribution in [0.1, 0.15) is 26.7 Å². The van der Waals surface area contributed by atoms with Gasteiger partial charge in [-0.3, -0.25) is 10.2 Å². The molecule has 0 heterocycles. The van der Waals surface area contributed by atoms with Crippen molar-refractivity contribution >= 4 is 5.91 Å². The van der Waals surface area contributed by atoms with Gasteiger partial charge in [-0.2, -0.15) is 0 Å². The van der Waals surface area contributed by atoms with Gasteiger partial charge >= 0.3 is 0 Å². The molecule has 5 N–H and O–H groups in total. The maximum absolute atomic E-state index is 10.7. The number of carbonyl (C=O) groups is 1. The largest absolute Gasteiger partial charge is 0.327 e. The molecule has 0 saturated heterocycles. The van der Waals surface area contributed by atoms with E-state index in [-0.39, 0.29) is 11.9 Å². The van der Waals surface area contributed by atoms with Gasteiger partial charge in [0, 0.05) is 12.5 Å². The summed E-state index contributed by atoms with van der Waals surface area (Å²) in [4.78, 5) is 10.7. The van der Waals surface area contributed by atoms with Gasteiger partial charge in [-0.15, -0.1) is 0 Å². The predicted molar refractivity (Wildman–Crippen MR) is 44.4 cm³/mol. The SMILES string of the molecule is CC(C)CC(N)CC(=O)NN. The number of carbonyl (C=O) groups excluding carboxylic acids is 1. The Balaban J connectivity index is 3.51. The van der Waals surface area contributed by atoms with Crippen LogP contribution in [0, 0.1) is 5.92 Å². The molecule has 0 bridgehead atoms. The molecular weight excluding hydrogens is 142 g/mol. The normalized spacial score (nSPS) is 13.2. The van der Waals surface area contributed by atoms with Gasteiger partial charge in [-0.25, -0.2) is 5.84 Å². The predicted octanol–water partition coefficient (Wildman–Crippen LogP) is -0.260. The van der Waals surface area contributed by atoms with Gasteiger partial charge in [-0.1, -0.05) is 13.8 Å². The van der Waals surface area contributed by atoms with Gasteiger partial charge < -0.3 is 5.73 Å². The van der Waals surface area contributed by atoms with E-state index in [0.717, 1.165) is 6.42 Å². The van der Waals surface area contributed by atoms with Gasteiger partial charge in [0.2, 0.25) is 5.91 Å². The fourth-order valence-corrected chi connectivity index (χ4v) is 0.986. The first kappa shape index (κ1) is 10.4. The summed E-state index contributed by atoms with van der Waals surface area (Å²) in [5.41, 5.74) is 7.68. The summed E-state index contributed by atoms with van der Waals surface area (Å²) in [6, 6.07) is -0.0708. The van der Waals surface area contributed by atoms with Crippen molar-refractivity contribution in [3.63, 3.8) is 0 Å². The van der Waals surface area contributed by atoms with Gasteiger partial charge in [0.1, 0.15) is 0 Å². The maximum atomic E-state index is 10.7. The van der Waals surface area contributed by atoms with Crippen LogP contribution in [0.2, 0.25) is 0 Å². The molecule has 0 radical (unpaired) electrons. The van der Waals surface area contributed by atoms with E-state index in [1.165, 1.54) is 0 Å². The lowest BCUT2D eigenvalue weighted by molar-refractivity contribution is -0.121. The Hall–Kier alpha value is -0.610. The van der Waals surface area contributed by atoms with Gasteiger partial charge in [0.15, 0.2) is 0 Å². The van der Waals surface area contributed by atoms with E-state index in [9.17, 15) is 4.79 Å². The fourth-order valence-electron chi connectivity index (χ4n) is 0.986. The van der Waals surface area contributed by atoms with Gasteiger partial charge in [0.25, 0.3) is 0 Å². The molecule has 0 aliphatic rings. The summed E-state index contributed by atoms with van der Waals surface area (Å²) in [6.07, 6.45) is 1.17. The van der Waals surface area contributed by atoms with Crippen LogP contribution in [-0.2, 0) is 4.79 Å². The minimum Gasteiger partial charge on any atom is -0.327 e. The highest BCUT2D eigenvalue weighted by atomic mass is 16.2. The third-order valence-corrected chi connectivity index (χ3v) is 1.38. The zero-order valence-corrected chi connectivity index (χ0v) is 7.13. The minimum absolute atomic E-state index is 0.0708. The number of amides is 1. The topological polar surface area (TPSA) is 81.1 Å². The maximum Gasteiger partial charge on any atom is 0.235 e. The number of hydrazine groups is 1. The molecule has 1 atom stereocenters. The number of rotatable bonds is 4. The molecule has 0 aliphatic heterocycles. The van der Waals surface area contributed by atoms with Crippen molar-refractivity contribution < 1.29 is 4.79 Å². The summed E-state index contributed by atoms with van der Waals surface area (Å²) in [7, 11) is 0. The zero-order valence-electron chi connectivity index (χ0n) is 7.13. The van der Waals surface area contributed by atoms with E-state index in [4.69, 9.17) is 11.6 Å². The highest BCUT2D eigenvalue weighted by Crippen LogP contribution is 2.04. The Morgan fingerprint density at radius 1 is 1.55 bits per heavy atom. The Bertz CT molecular complexity index is 125. The molecule has 0 aromatic rings. The summed E-state index contributed by atoms with van der Waals surface area (Å²) in [6.45, 7) is 4.14. The first-order valence-corrected chi connectivity index (χ1v) is 3.81. The number of hydrogen-bond donors (Lipinski definition) is 3. The molecule has 4 heteroatoms. The second-order valence-electron chi connectivity index (χ2n) is 3.16. The van der Waals surface area contributed by atoms with E-state index < -0.39 is 0 Å². The van der Waals surface area contributed by atoms with E-state index in [2.05, 4.69) is 19.3 Å². The van der Waals surface area contributed by atoms with Crippen LogP contribution in [0.25, 0.3) is 0 Å². The Morgan fingerprint density at radius 3 is 2.45 bits per heavy atom. The first-order valence-electron chi connectivity index (χ1n) is 3.81. The smallest absolute Gasteiger partial charge is 0.235 e. The third-order valence-electron chi connectivity index (χ3n) is 1.38. The number of nitrogens with two attached hydrogens (primary N) is 2. The van der Waals surface area contributed by atoms with E-state index in [1.807, 2.05) is 0 Å². The van der Waals surface area contributed by atoms with Gasteiger partial charge in [0.05, 0.1) is 0 Å². The van der Waals surface area contributed by atoms with Crippen LogP contribution in [0.5, 0.6) is 0 Å². The standard InChI is InChI=1S/C7H17N3O/c1-5(2)3-6(8)4-7(11)10-9/h5-6H,3-4,8-9H2,1-2H3,(H,10,11). The second kappa shape index (κ2) is 5.09. The van der Waals surface area contributed by atoms with E-state index in [0.29, 0.717) is 12.3 Å². The molecule has 0 aromatic heterocycles. The average molecular weight is 159 g/mol. The van der Waals surface area contributed by atoms with Crippen LogP contribution in [0.3, 0.4) is 0 Å². The van der Waals surface area contributed by atoms with Crippen LogP contribution < -0.4 is 17.0 Å². The van der Waals surface area contributed by atoms with Crippen molar-refractivity contribution in [1.29, 1.82) is 0 Å². The molecule has 0 aliphatic carbocycles. The van der Waals surface area contributed by atoms with Crippen LogP contribution >= 0.6 is 0 Å². The monoisotopic (exact) mass is 159 g/mol. The zero-order chi connectivity index (χ0) is 8.85. The fraction of sp³-hybridized carbons (Fsp3) is 0.857. The molecule has 0 fully saturated rings. The van der Waals surface area contributed by atoms with Crippen molar-refractivity contribution in [2.75, 3.05) is 0 Å². The first-order chi connectivity index (χ1) is 5.06. The highest BCUT2D eigenvalue weighted by Gasteiger charge is 2.09. The molecule has 0 aromatic carbocycles. The van der Waals surface area contributed by atoms with Crippen molar-refractivity contribution in [3.8, 4) is 0 Å². The third kappa shape index (κ3) is 5.82. The highest BCUT2D eigenvalue weighted by molar-refractivity contribution is 5.75. The van der Waals surface area contributed by atoms with Gasteiger partial charge in [-0.05, 0) is 12.3 Å². The molecule has 0 saturated carbocycles. The average Bonchev–Trinajstić information content (AvgIpc) is 1.85. The number of hydrogen-bond acceptors (Lipinski definition) is 3. The summed E-state index contributed by atoms with van der Waals surface area (Å²) in [5, 5.41) is 0. The lowest BCUT2D eigenvalue weighted by atomic mass is 10.0. The second-order valence-corrected chi connectivity index (χ2v) is 3.16. The summed E-state index contributed by atoms with van der Waals surface area (Å²) >= 11 is 0. The minimum atomic E-state index is -0.196. The van der Waals surface area contributed by atoms with Crippen molar-refractivity contribution in [2.45, 2.75) is 32.7 Å². The van der Waals surface area contributed by atoms with Crippen molar-refractivity contribution in [3.05, 3.63) is 0 Å². The van der Waals surface area contributed by atoms with Crippen LogP contribution in [-0.4, -0.2) is 11.9 Å². The molecule has 1 amide bonds. The van der Waals surface area contributed by atoms with Crippen molar-refractivity contribution in [2.24, 2.45) is 17.5 Å². The van der Waals surface area contributed by atoms with Crippen molar-refractivity contribution in [1.82, 2.24) is 5.43 Å². The quantitative estimate of drug-likeness (QED) is 0.300. The molecular formula is C7H17N3O. The Kier molecular flexibility index (Phi) is 4.81. The van der Waals surface area contributed by atoms with E-state index in [1.54, 1.807) is 0 Å².